The minimum Gasteiger partial charge on any atom is -0.493 e. The molecule has 3 heterocycles. The Morgan fingerprint density at radius 1 is 1.21 bits per heavy atom. The van der Waals surface area contributed by atoms with Gasteiger partial charge in [-0.2, -0.15) is 14.9 Å². The molecule has 0 fully saturated rings. The summed E-state index contributed by atoms with van der Waals surface area (Å²) < 4.78 is 7.59. The highest BCUT2D eigenvalue weighted by Gasteiger charge is 2.34. The Bertz CT molecular complexity index is 1100. The number of fused-ring (bicyclic) bond motifs is 1. The summed E-state index contributed by atoms with van der Waals surface area (Å²) in [5, 5.41) is 14.0. The number of benzene rings is 1. The highest BCUT2D eigenvalue weighted by molar-refractivity contribution is 5.95. The third-order valence-corrected chi connectivity index (χ3v) is 4.85. The summed E-state index contributed by atoms with van der Waals surface area (Å²) in [4.78, 5) is 23.9. The van der Waals surface area contributed by atoms with Crippen LogP contribution in [0.15, 0.2) is 41.2 Å². The molecule has 1 aliphatic rings. The average Bonchev–Trinajstić information content (AvgIpc) is 3.03. The number of hydrogen-bond donors (Lipinski definition) is 2. The molecule has 8 nitrogen and oxygen atoms in total. The van der Waals surface area contributed by atoms with Crippen molar-refractivity contribution >= 4 is 11.7 Å². The zero-order chi connectivity index (χ0) is 20.5. The van der Waals surface area contributed by atoms with Crippen LogP contribution < -0.4 is 15.6 Å². The number of rotatable bonds is 5. The van der Waals surface area contributed by atoms with Crippen LogP contribution in [0.4, 0.5) is 5.82 Å². The van der Waals surface area contributed by atoms with E-state index in [9.17, 15) is 9.59 Å². The molecule has 4 rings (SSSR count). The monoisotopic (exact) mass is 393 g/mol. The first-order valence-electron chi connectivity index (χ1n) is 9.61. The molecule has 1 amide bonds. The van der Waals surface area contributed by atoms with Gasteiger partial charge in [-0.05, 0) is 25.0 Å². The van der Waals surface area contributed by atoms with Crippen molar-refractivity contribution in [2.24, 2.45) is 5.92 Å². The topological polar surface area (TPSA) is 102 Å². The number of carbonyl (C=O) groups excluding carboxylic acids is 1. The molecule has 0 saturated heterocycles. The van der Waals surface area contributed by atoms with E-state index >= 15 is 0 Å². The van der Waals surface area contributed by atoms with Gasteiger partial charge < -0.3 is 10.1 Å². The number of aromatic amines is 1. The standard InChI is InChI=1S/C21H23N5O3/c1-12(2)11-29-16-7-5-4-6-14(16)15-10-19(28)22-21-20(15)13(3)25-26(21)17-8-9-18(27)24-23-17/h4-9,12,15H,10-11H2,1-3H3,(H,22,28)(H,24,27)/t15-/m0/s1. The fourth-order valence-corrected chi connectivity index (χ4v) is 3.59. The van der Waals surface area contributed by atoms with Gasteiger partial charge in [-0.25, -0.2) is 5.10 Å². The smallest absolute Gasteiger partial charge is 0.264 e. The maximum atomic E-state index is 12.6. The normalized spacial score (nSPS) is 15.9. The quantitative estimate of drug-likeness (QED) is 0.694. The number of nitrogens with zero attached hydrogens (tertiary/aromatic N) is 3. The molecule has 2 aromatic heterocycles. The number of amides is 1. The Labute approximate surface area is 167 Å². The van der Waals surface area contributed by atoms with Gasteiger partial charge in [0.15, 0.2) is 5.82 Å². The van der Waals surface area contributed by atoms with Crippen LogP contribution >= 0.6 is 0 Å². The Morgan fingerprint density at radius 2 is 2.00 bits per heavy atom. The summed E-state index contributed by atoms with van der Waals surface area (Å²) in [6.07, 6.45) is 0.306. The van der Waals surface area contributed by atoms with Gasteiger partial charge in [0.2, 0.25) is 5.91 Å². The van der Waals surface area contributed by atoms with Crippen LogP contribution in [0.3, 0.4) is 0 Å². The molecule has 1 aliphatic heterocycles. The maximum Gasteiger partial charge on any atom is 0.264 e. The van der Waals surface area contributed by atoms with Crippen molar-refractivity contribution < 1.29 is 9.53 Å². The predicted octanol–water partition coefficient (Wildman–Crippen LogP) is 2.77. The van der Waals surface area contributed by atoms with Crippen molar-refractivity contribution in [2.75, 3.05) is 11.9 Å². The Hall–Kier alpha value is -3.42. The van der Waals surface area contributed by atoms with E-state index in [1.165, 1.54) is 6.07 Å². The molecule has 0 bridgehead atoms. The minimum atomic E-state index is -0.301. The number of para-hydroxylation sites is 1. The lowest BCUT2D eigenvalue weighted by Gasteiger charge is -2.26. The van der Waals surface area contributed by atoms with Gasteiger partial charge >= 0.3 is 0 Å². The molecular weight excluding hydrogens is 370 g/mol. The van der Waals surface area contributed by atoms with Gasteiger partial charge in [0, 0.05) is 29.5 Å². The number of carbonyl (C=O) groups is 1. The number of H-pyrrole nitrogens is 1. The van der Waals surface area contributed by atoms with Crippen molar-refractivity contribution in [3.63, 3.8) is 0 Å². The SMILES string of the molecule is Cc1nn(-c2ccc(=O)[nH]n2)c2c1[C@H](c1ccccc1OCC(C)C)CC(=O)N2. The van der Waals surface area contributed by atoms with E-state index in [2.05, 4.69) is 34.5 Å². The summed E-state index contributed by atoms with van der Waals surface area (Å²) in [6.45, 7) is 6.70. The summed E-state index contributed by atoms with van der Waals surface area (Å²) >= 11 is 0. The second-order valence-electron chi connectivity index (χ2n) is 7.59. The summed E-state index contributed by atoms with van der Waals surface area (Å²) in [7, 11) is 0. The molecule has 2 N–H and O–H groups in total. The number of hydrogen-bond acceptors (Lipinski definition) is 5. The molecule has 0 aliphatic carbocycles. The van der Waals surface area contributed by atoms with Gasteiger partial charge in [0.05, 0.1) is 12.3 Å². The van der Waals surface area contributed by atoms with Crippen molar-refractivity contribution in [1.82, 2.24) is 20.0 Å². The van der Waals surface area contributed by atoms with Gasteiger partial charge in [0.25, 0.3) is 5.56 Å². The minimum absolute atomic E-state index is 0.105. The van der Waals surface area contributed by atoms with E-state index in [0.29, 0.717) is 30.6 Å². The van der Waals surface area contributed by atoms with Gasteiger partial charge in [-0.3, -0.25) is 9.59 Å². The molecule has 8 heteroatoms. The first kappa shape index (κ1) is 18.9. The van der Waals surface area contributed by atoms with Crippen molar-refractivity contribution in [1.29, 1.82) is 0 Å². The first-order valence-corrected chi connectivity index (χ1v) is 9.61. The zero-order valence-electron chi connectivity index (χ0n) is 16.6. The highest BCUT2D eigenvalue weighted by Crippen LogP contribution is 2.42. The second-order valence-corrected chi connectivity index (χ2v) is 7.59. The Kier molecular flexibility index (Phi) is 4.92. The molecule has 29 heavy (non-hydrogen) atoms. The van der Waals surface area contributed by atoms with Gasteiger partial charge in [-0.15, -0.1) is 0 Å². The molecule has 1 aromatic carbocycles. The lowest BCUT2D eigenvalue weighted by molar-refractivity contribution is -0.116. The number of anilines is 1. The van der Waals surface area contributed by atoms with Crippen LogP contribution in [-0.4, -0.2) is 32.5 Å². The fourth-order valence-electron chi connectivity index (χ4n) is 3.59. The fraction of sp³-hybridized carbons (Fsp3) is 0.333. The van der Waals surface area contributed by atoms with E-state index in [4.69, 9.17) is 4.74 Å². The van der Waals surface area contributed by atoms with Crippen LogP contribution in [0.5, 0.6) is 5.75 Å². The number of aryl methyl sites for hydroxylation is 1. The summed E-state index contributed by atoms with van der Waals surface area (Å²) in [5.74, 6) is 1.89. The van der Waals surface area contributed by atoms with Crippen LogP contribution in [0.1, 0.15) is 43.0 Å². The predicted molar refractivity (Wildman–Crippen MR) is 109 cm³/mol. The summed E-state index contributed by atoms with van der Waals surface area (Å²) in [5.41, 5.74) is 2.38. The molecule has 0 spiro atoms. The van der Waals surface area contributed by atoms with E-state index in [1.54, 1.807) is 10.7 Å². The van der Waals surface area contributed by atoms with E-state index in [-0.39, 0.29) is 17.4 Å². The van der Waals surface area contributed by atoms with Crippen LogP contribution in [-0.2, 0) is 4.79 Å². The summed E-state index contributed by atoms with van der Waals surface area (Å²) in [6, 6.07) is 10.8. The molecule has 150 valence electrons. The Morgan fingerprint density at radius 3 is 2.72 bits per heavy atom. The number of aromatic nitrogens is 4. The lowest BCUT2D eigenvalue weighted by Crippen LogP contribution is -2.25. The highest BCUT2D eigenvalue weighted by atomic mass is 16.5. The van der Waals surface area contributed by atoms with Crippen LogP contribution in [0.2, 0.25) is 0 Å². The average molecular weight is 393 g/mol. The van der Waals surface area contributed by atoms with Crippen LogP contribution in [0.25, 0.3) is 5.82 Å². The van der Waals surface area contributed by atoms with Crippen LogP contribution in [0, 0.1) is 12.8 Å². The second kappa shape index (κ2) is 7.54. The van der Waals surface area contributed by atoms with E-state index in [1.807, 2.05) is 31.2 Å². The molecule has 1 atom stereocenters. The van der Waals surface area contributed by atoms with E-state index in [0.717, 1.165) is 22.6 Å². The third-order valence-electron chi connectivity index (χ3n) is 4.85. The van der Waals surface area contributed by atoms with Crippen molar-refractivity contribution in [2.45, 2.75) is 33.1 Å². The zero-order valence-corrected chi connectivity index (χ0v) is 16.6. The molecule has 0 radical (unpaired) electrons. The van der Waals surface area contributed by atoms with Crippen molar-refractivity contribution in [3.05, 3.63) is 63.6 Å². The van der Waals surface area contributed by atoms with Crippen molar-refractivity contribution in [3.8, 4) is 11.6 Å². The molecule has 0 unspecified atom stereocenters. The lowest BCUT2D eigenvalue weighted by atomic mass is 9.85. The third kappa shape index (κ3) is 3.65. The number of nitrogens with one attached hydrogen (secondary N) is 2. The first-order chi connectivity index (χ1) is 13.9. The van der Waals surface area contributed by atoms with Gasteiger partial charge in [-0.1, -0.05) is 32.0 Å². The van der Waals surface area contributed by atoms with Gasteiger partial charge in [0.1, 0.15) is 11.6 Å². The number of ether oxygens (including phenoxy) is 1. The largest absolute Gasteiger partial charge is 0.493 e. The molecule has 0 saturated carbocycles. The molecular formula is C21H23N5O3. The maximum absolute atomic E-state index is 12.6. The van der Waals surface area contributed by atoms with E-state index < -0.39 is 0 Å². The molecule has 3 aromatic rings. The Balaban J connectivity index is 1.81.